The summed E-state index contributed by atoms with van der Waals surface area (Å²) in [4.78, 5) is 22.3. The van der Waals surface area contributed by atoms with E-state index in [4.69, 9.17) is 14.5 Å². The first-order valence-electron chi connectivity index (χ1n) is 13.7. The lowest BCUT2D eigenvalue weighted by Crippen LogP contribution is -2.48. The number of nitrogens with one attached hydrogen (secondary N) is 1. The van der Waals surface area contributed by atoms with Gasteiger partial charge in [0.25, 0.3) is 5.91 Å². The number of rotatable bonds is 13. The Morgan fingerprint density at radius 1 is 0.975 bits per heavy atom. The molecule has 0 spiro atoms. The van der Waals surface area contributed by atoms with Crippen molar-refractivity contribution in [3.05, 3.63) is 42.0 Å². The van der Waals surface area contributed by atoms with E-state index in [0.717, 1.165) is 72.4 Å². The fourth-order valence-electron chi connectivity index (χ4n) is 4.78. The molecule has 1 aliphatic heterocycles. The molecule has 1 fully saturated rings. The SMILES string of the molecule is CCCN(CCC)S(=O)(=O)c1ccc(C(=O)NCCN2CCN(c3nc4c(OC)ccc(OC)c4s3)CC2)cc1. The van der Waals surface area contributed by atoms with E-state index in [2.05, 4.69) is 15.1 Å². The van der Waals surface area contributed by atoms with Crippen molar-refractivity contribution >= 4 is 42.6 Å². The van der Waals surface area contributed by atoms with E-state index in [9.17, 15) is 13.2 Å². The Kier molecular flexibility index (Phi) is 10.2. The molecule has 12 heteroatoms. The minimum Gasteiger partial charge on any atom is -0.495 e. The van der Waals surface area contributed by atoms with Gasteiger partial charge in [0.1, 0.15) is 21.7 Å². The first-order valence-corrected chi connectivity index (χ1v) is 15.9. The number of sulfonamides is 1. The molecule has 1 saturated heterocycles. The molecule has 2 heterocycles. The zero-order valence-corrected chi connectivity index (χ0v) is 25.3. The van der Waals surface area contributed by atoms with Crippen molar-refractivity contribution in [2.45, 2.75) is 31.6 Å². The van der Waals surface area contributed by atoms with Gasteiger partial charge in [0.05, 0.1) is 19.1 Å². The highest BCUT2D eigenvalue weighted by molar-refractivity contribution is 7.89. The van der Waals surface area contributed by atoms with Crippen molar-refractivity contribution < 1.29 is 22.7 Å². The summed E-state index contributed by atoms with van der Waals surface area (Å²) in [6, 6.07) is 9.99. The quantitative estimate of drug-likeness (QED) is 0.322. The molecule has 3 aromatic rings. The summed E-state index contributed by atoms with van der Waals surface area (Å²) in [5.41, 5.74) is 1.26. The number of methoxy groups -OCH3 is 2. The van der Waals surface area contributed by atoms with Crippen LogP contribution in [0.5, 0.6) is 11.5 Å². The van der Waals surface area contributed by atoms with E-state index in [0.29, 0.717) is 25.2 Å². The lowest BCUT2D eigenvalue weighted by Gasteiger charge is -2.34. The van der Waals surface area contributed by atoms with Gasteiger partial charge in [-0.05, 0) is 49.2 Å². The number of amides is 1. The summed E-state index contributed by atoms with van der Waals surface area (Å²) in [6.45, 7) is 9.52. The summed E-state index contributed by atoms with van der Waals surface area (Å²) in [5.74, 6) is 1.32. The van der Waals surface area contributed by atoms with E-state index in [1.807, 2.05) is 26.0 Å². The second-order valence-corrected chi connectivity index (χ2v) is 12.6. The predicted molar refractivity (Wildman–Crippen MR) is 159 cm³/mol. The van der Waals surface area contributed by atoms with E-state index in [1.165, 1.54) is 16.4 Å². The molecule has 1 N–H and O–H groups in total. The summed E-state index contributed by atoms with van der Waals surface area (Å²) in [7, 11) is -0.259. The highest BCUT2D eigenvalue weighted by Crippen LogP contribution is 2.40. The lowest BCUT2D eigenvalue weighted by atomic mass is 10.2. The van der Waals surface area contributed by atoms with Gasteiger partial charge in [-0.25, -0.2) is 13.4 Å². The van der Waals surface area contributed by atoms with Gasteiger partial charge >= 0.3 is 0 Å². The standard InChI is InChI=1S/C28H39N5O5S2/c1-5-14-33(15-6-2)40(35,36)22-9-7-21(8-10-22)27(34)29-13-16-31-17-19-32(20-18-31)28-30-25-23(37-3)11-12-24(38-4)26(25)39-28/h7-12H,5-6,13-20H2,1-4H3,(H,29,34). The number of anilines is 1. The maximum Gasteiger partial charge on any atom is 0.251 e. The number of benzene rings is 2. The Bertz CT molecular complexity index is 1340. The second kappa shape index (κ2) is 13.6. The van der Waals surface area contributed by atoms with E-state index in [-0.39, 0.29) is 10.8 Å². The topological polar surface area (TPSA) is 104 Å². The van der Waals surface area contributed by atoms with Crippen LogP contribution in [0.1, 0.15) is 37.0 Å². The van der Waals surface area contributed by atoms with Gasteiger partial charge in [0.15, 0.2) is 5.13 Å². The van der Waals surface area contributed by atoms with Crippen molar-refractivity contribution in [1.29, 1.82) is 0 Å². The van der Waals surface area contributed by atoms with E-state index in [1.54, 1.807) is 37.7 Å². The summed E-state index contributed by atoms with van der Waals surface area (Å²) >= 11 is 1.61. The van der Waals surface area contributed by atoms with Crippen molar-refractivity contribution in [3.63, 3.8) is 0 Å². The van der Waals surface area contributed by atoms with Crippen LogP contribution in [0.15, 0.2) is 41.3 Å². The third-order valence-corrected chi connectivity index (χ3v) is 10.00. The van der Waals surface area contributed by atoms with E-state index < -0.39 is 10.0 Å². The Morgan fingerprint density at radius 2 is 1.60 bits per heavy atom. The number of fused-ring (bicyclic) bond motifs is 1. The van der Waals surface area contributed by atoms with Crippen molar-refractivity contribution in [1.82, 2.24) is 19.5 Å². The van der Waals surface area contributed by atoms with E-state index >= 15 is 0 Å². The summed E-state index contributed by atoms with van der Waals surface area (Å²) < 4.78 is 39.4. The largest absolute Gasteiger partial charge is 0.495 e. The first kappa shape index (κ1) is 30.0. The molecular formula is C28H39N5O5S2. The van der Waals surface area contributed by atoms with Crippen LogP contribution < -0.4 is 19.7 Å². The Morgan fingerprint density at radius 3 is 2.20 bits per heavy atom. The minimum atomic E-state index is -3.56. The highest BCUT2D eigenvalue weighted by atomic mass is 32.2. The Labute approximate surface area is 240 Å². The number of hydrogen-bond acceptors (Lipinski definition) is 9. The molecule has 218 valence electrons. The molecule has 1 amide bonds. The fourth-order valence-corrected chi connectivity index (χ4v) is 7.53. The van der Waals surface area contributed by atoms with Crippen LogP contribution in [-0.2, 0) is 10.0 Å². The lowest BCUT2D eigenvalue weighted by molar-refractivity contribution is 0.0947. The van der Waals surface area contributed by atoms with Gasteiger partial charge in [-0.3, -0.25) is 9.69 Å². The third kappa shape index (κ3) is 6.68. The number of ether oxygens (including phenoxy) is 2. The van der Waals surface area contributed by atoms with Gasteiger partial charge in [-0.15, -0.1) is 0 Å². The Hall–Kier alpha value is -2.93. The normalized spacial score (nSPS) is 14.6. The fraction of sp³-hybridized carbons (Fsp3) is 0.500. The molecule has 4 rings (SSSR count). The van der Waals surface area contributed by atoms with Crippen LogP contribution >= 0.6 is 11.3 Å². The maximum atomic E-state index is 13.0. The summed E-state index contributed by atoms with van der Waals surface area (Å²) in [5, 5.41) is 3.91. The predicted octanol–water partition coefficient (Wildman–Crippen LogP) is 3.68. The second-order valence-electron chi connectivity index (χ2n) is 9.66. The Balaban J connectivity index is 1.27. The number of hydrogen-bond donors (Lipinski definition) is 1. The molecule has 1 aromatic heterocycles. The van der Waals surface area contributed by atoms with Crippen molar-refractivity contribution in [3.8, 4) is 11.5 Å². The molecule has 2 aromatic carbocycles. The number of aromatic nitrogens is 1. The smallest absolute Gasteiger partial charge is 0.251 e. The molecule has 0 aliphatic carbocycles. The molecule has 0 bridgehead atoms. The zero-order chi connectivity index (χ0) is 28.7. The maximum absolute atomic E-state index is 13.0. The monoisotopic (exact) mass is 589 g/mol. The molecule has 0 radical (unpaired) electrons. The molecule has 10 nitrogen and oxygen atoms in total. The van der Waals surface area contributed by atoms with Crippen molar-refractivity contribution in [2.24, 2.45) is 0 Å². The third-order valence-electron chi connectivity index (χ3n) is 6.96. The number of carbonyl (C=O) groups excluding carboxylic acids is 1. The van der Waals surface area contributed by atoms with Crippen molar-refractivity contribution in [2.75, 3.05) is 71.5 Å². The summed E-state index contributed by atoms with van der Waals surface area (Å²) in [6.07, 6.45) is 1.50. The highest BCUT2D eigenvalue weighted by Gasteiger charge is 2.24. The first-order chi connectivity index (χ1) is 19.3. The number of carbonyl (C=O) groups is 1. The zero-order valence-electron chi connectivity index (χ0n) is 23.7. The minimum absolute atomic E-state index is 0.209. The number of piperazine rings is 1. The van der Waals surface area contributed by atoms with Crippen LogP contribution in [0.3, 0.4) is 0 Å². The van der Waals surface area contributed by atoms with Gasteiger partial charge in [0.2, 0.25) is 10.0 Å². The van der Waals surface area contributed by atoms with Gasteiger partial charge in [-0.2, -0.15) is 4.31 Å². The number of thiazole rings is 1. The molecule has 1 aliphatic rings. The van der Waals surface area contributed by atoms with Crippen LogP contribution in [0, 0.1) is 0 Å². The van der Waals surface area contributed by atoms with Crippen LogP contribution in [-0.4, -0.2) is 95.1 Å². The van der Waals surface area contributed by atoms with Gasteiger partial charge in [0, 0.05) is 57.9 Å². The van der Waals surface area contributed by atoms with Crippen LogP contribution in [0.4, 0.5) is 5.13 Å². The molecule has 0 saturated carbocycles. The molecule has 0 atom stereocenters. The molecule has 0 unspecified atom stereocenters. The number of nitrogens with zero attached hydrogens (tertiary/aromatic N) is 4. The van der Waals surface area contributed by atoms with Crippen LogP contribution in [0.25, 0.3) is 10.2 Å². The van der Waals surface area contributed by atoms with Gasteiger partial charge < -0.3 is 19.7 Å². The average molecular weight is 590 g/mol. The molecular weight excluding hydrogens is 550 g/mol. The van der Waals surface area contributed by atoms with Gasteiger partial charge in [-0.1, -0.05) is 25.2 Å². The van der Waals surface area contributed by atoms with Crippen LogP contribution in [0.2, 0.25) is 0 Å². The molecule has 40 heavy (non-hydrogen) atoms. The average Bonchev–Trinajstić information content (AvgIpc) is 3.42.